The molecule has 0 aromatic heterocycles. The zero-order chi connectivity index (χ0) is 26.9. The Morgan fingerprint density at radius 3 is 1.44 bits per heavy atom. The van der Waals surface area contributed by atoms with Crippen molar-refractivity contribution in [3.63, 3.8) is 0 Å². The van der Waals surface area contributed by atoms with Crippen molar-refractivity contribution in [1.82, 2.24) is 9.80 Å². The zero-order valence-corrected chi connectivity index (χ0v) is 23.3. The Kier molecular flexibility index (Phi) is 9.57. The minimum Gasteiger partial charge on any atom is -0.508 e. The average Bonchev–Trinajstić information content (AvgIpc) is 3.69. The molecule has 0 radical (unpaired) electrons. The molecule has 2 heterocycles. The number of rotatable bonds is 12. The molecule has 2 saturated heterocycles. The third kappa shape index (κ3) is 7.43. The highest BCUT2D eigenvalue weighted by atomic mass is 16.5. The third-order valence-corrected chi connectivity index (χ3v) is 7.91. The number of allylic oxidation sites excluding steroid dienone is 1. The van der Waals surface area contributed by atoms with Gasteiger partial charge in [0.1, 0.15) is 30.5 Å². The maximum absolute atomic E-state index is 9.88. The van der Waals surface area contributed by atoms with Crippen LogP contribution in [0, 0.1) is 0 Å². The van der Waals surface area contributed by atoms with Gasteiger partial charge in [0.15, 0.2) is 0 Å². The van der Waals surface area contributed by atoms with Crippen LogP contribution in [0.2, 0.25) is 0 Å². The van der Waals surface area contributed by atoms with Gasteiger partial charge in [-0.1, -0.05) is 43.3 Å². The Balaban J connectivity index is 1.35. The molecule has 5 heteroatoms. The van der Waals surface area contributed by atoms with Crippen LogP contribution in [0.1, 0.15) is 55.7 Å². The van der Waals surface area contributed by atoms with Gasteiger partial charge in [0.2, 0.25) is 0 Å². The normalized spacial score (nSPS) is 15.9. The summed E-state index contributed by atoms with van der Waals surface area (Å²) in [7, 11) is 0. The van der Waals surface area contributed by atoms with Crippen LogP contribution < -0.4 is 9.47 Å². The lowest BCUT2D eigenvalue weighted by Gasteiger charge is -2.18. The molecule has 0 amide bonds. The molecule has 2 aliphatic heterocycles. The summed E-state index contributed by atoms with van der Waals surface area (Å²) in [5, 5.41) is 9.88. The number of aromatic hydroxyl groups is 1. The quantitative estimate of drug-likeness (QED) is 0.266. The van der Waals surface area contributed by atoms with Crippen LogP contribution in [-0.2, 0) is 0 Å². The van der Waals surface area contributed by atoms with Crippen LogP contribution in [0.25, 0.3) is 11.1 Å². The van der Waals surface area contributed by atoms with Gasteiger partial charge in [-0.3, -0.25) is 9.80 Å². The smallest absolute Gasteiger partial charge is 0.119 e. The Hall–Kier alpha value is -3.28. The lowest BCUT2D eigenvalue weighted by Crippen LogP contribution is -2.25. The van der Waals surface area contributed by atoms with E-state index in [4.69, 9.17) is 9.47 Å². The second kappa shape index (κ2) is 13.7. The maximum atomic E-state index is 9.88. The molecule has 0 atom stereocenters. The lowest BCUT2D eigenvalue weighted by molar-refractivity contribution is 0.237. The zero-order valence-electron chi connectivity index (χ0n) is 23.3. The van der Waals surface area contributed by atoms with Crippen molar-refractivity contribution in [2.75, 3.05) is 52.5 Å². The van der Waals surface area contributed by atoms with E-state index >= 15 is 0 Å². The van der Waals surface area contributed by atoms with Crippen molar-refractivity contribution in [3.8, 4) is 17.2 Å². The van der Waals surface area contributed by atoms with Crippen LogP contribution in [0.3, 0.4) is 0 Å². The van der Waals surface area contributed by atoms with Crippen LogP contribution in [0.5, 0.6) is 17.2 Å². The van der Waals surface area contributed by atoms with Crippen LogP contribution >= 0.6 is 0 Å². The number of likely N-dealkylation sites (tertiary alicyclic amines) is 2. The highest BCUT2D eigenvalue weighted by Gasteiger charge is 2.15. The topological polar surface area (TPSA) is 45.2 Å². The lowest BCUT2D eigenvalue weighted by atomic mass is 9.88. The van der Waals surface area contributed by atoms with E-state index in [0.717, 1.165) is 60.9 Å². The first-order valence-corrected chi connectivity index (χ1v) is 14.6. The molecule has 0 saturated carbocycles. The van der Waals surface area contributed by atoms with Crippen molar-refractivity contribution in [2.24, 2.45) is 0 Å². The van der Waals surface area contributed by atoms with Crippen molar-refractivity contribution in [3.05, 3.63) is 89.5 Å². The molecule has 0 unspecified atom stereocenters. The Labute approximate surface area is 233 Å². The molecule has 2 fully saturated rings. The average molecular weight is 527 g/mol. The number of nitrogens with zero attached hydrogens (tertiary/aromatic N) is 2. The van der Waals surface area contributed by atoms with E-state index < -0.39 is 0 Å². The summed E-state index contributed by atoms with van der Waals surface area (Å²) in [4.78, 5) is 4.94. The molecule has 3 aromatic carbocycles. The summed E-state index contributed by atoms with van der Waals surface area (Å²) in [5.74, 6) is 2.09. The second-order valence-corrected chi connectivity index (χ2v) is 10.6. The van der Waals surface area contributed by atoms with Crippen LogP contribution in [-0.4, -0.2) is 67.4 Å². The van der Waals surface area contributed by atoms with E-state index in [-0.39, 0.29) is 5.75 Å². The fourth-order valence-electron chi connectivity index (χ4n) is 5.74. The fourth-order valence-corrected chi connectivity index (χ4v) is 5.74. The van der Waals surface area contributed by atoms with Crippen LogP contribution in [0.4, 0.5) is 0 Å². The highest BCUT2D eigenvalue weighted by molar-refractivity contribution is 5.98. The van der Waals surface area contributed by atoms with Crippen molar-refractivity contribution in [2.45, 2.75) is 39.0 Å². The first-order valence-electron chi connectivity index (χ1n) is 14.6. The van der Waals surface area contributed by atoms with Gasteiger partial charge in [-0.15, -0.1) is 0 Å². The molecule has 5 rings (SSSR count). The molecule has 1 N–H and O–H groups in total. The Morgan fingerprint density at radius 2 is 1.03 bits per heavy atom. The first-order chi connectivity index (χ1) is 19.2. The van der Waals surface area contributed by atoms with Gasteiger partial charge < -0.3 is 14.6 Å². The van der Waals surface area contributed by atoms with Gasteiger partial charge in [-0.05, 0) is 123 Å². The molecule has 0 bridgehead atoms. The second-order valence-electron chi connectivity index (χ2n) is 10.6. The summed E-state index contributed by atoms with van der Waals surface area (Å²) >= 11 is 0. The van der Waals surface area contributed by atoms with E-state index in [2.05, 4.69) is 65.3 Å². The number of hydrogen-bond donors (Lipinski definition) is 1. The predicted molar refractivity (Wildman–Crippen MR) is 160 cm³/mol. The van der Waals surface area contributed by atoms with Gasteiger partial charge in [-0.2, -0.15) is 0 Å². The summed E-state index contributed by atoms with van der Waals surface area (Å²) in [5.41, 5.74) is 5.84. The molecule has 0 spiro atoms. The predicted octanol–water partition coefficient (Wildman–Crippen LogP) is 6.71. The molecule has 5 nitrogen and oxygen atoms in total. The van der Waals surface area contributed by atoms with Crippen molar-refractivity contribution < 1.29 is 14.6 Å². The maximum Gasteiger partial charge on any atom is 0.119 e. The van der Waals surface area contributed by atoms with E-state index in [9.17, 15) is 5.11 Å². The molecule has 206 valence electrons. The van der Waals surface area contributed by atoms with Gasteiger partial charge in [-0.25, -0.2) is 0 Å². The highest BCUT2D eigenvalue weighted by Crippen LogP contribution is 2.36. The number of hydrogen-bond acceptors (Lipinski definition) is 5. The summed E-state index contributed by atoms with van der Waals surface area (Å²) in [6.45, 7) is 10.4. The number of benzene rings is 3. The minimum absolute atomic E-state index is 0.279. The van der Waals surface area contributed by atoms with Crippen molar-refractivity contribution >= 4 is 11.1 Å². The molecular formula is C34H42N2O3. The van der Waals surface area contributed by atoms with E-state index in [1.807, 2.05) is 12.1 Å². The molecule has 2 aliphatic rings. The summed E-state index contributed by atoms with van der Waals surface area (Å²) < 4.78 is 12.2. The molecule has 39 heavy (non-hydrogen) atoms. The van der Waals surface area contributed by atoms with E-state index in [1.54, 1.807) is 12.1 Å². The monoisotopic (exact) mass is 526 g/mol. The van der Waals surface area contributed by atoms with Crippen molar-refractivity contribution in [1.29, 1.82) is 0 Å². The Morgan fingerprint density at radius 1 is 0.615 bits per heavy atom. The number of phenolic OH excluding ortho intramolecular Hbond substituents is 1. The van der Waals surface area contributed by atoms with Crippen LogP contribution in [0.15, 0.2) is 72.8 Å². The van der Waals surface area contributed by atoms with Gasteiger partial charge in [0, 0.05) is 13.1 Å². The minimum atomic E-state index is 0.279. The molecule has 3 aromatic rings. The standard InChI is InChI=1S/C34H42N2O3/c1-2-33(27-7-13-30(37)14-8-27)34(28-9-15-31(16-10-28)38-25-23-35-19-3-4-20-35)29-11-17-32(18-12-29)39-26-24-36-21-5-6-22-36/h7-18,37H,2-6,19-26H2,1H3. The third-order valence-electron chi connectivity index (χ3n) is 7.91. The van der Waals surface area contributed by atoms with Gasteiger partial charge in [0.25, 0.3) is 0 Å². The van der Waals surface area contributed by atoms with Gasteiger partial charge in [0.05, 0.1) is 0 Å². The molecule has 0 aliphatic carbocycles. The Bertz CT molecular complexity index is 1120. The van der Waals surface area contributed by atoms with E-state index in [1.165, 1.54) is 63.0 Å². The SMILES string of the molecule is CCC(=C(c1ccc(OCCN2CCCC2)cc1)c1ccc(OCCN2CCCC2)cc1)c1ccc(O)cc1. The van der Waals surface area contributed by atoms with E-state index in [0.29, 0.717) is 0 Å². The molecular weight excluding hydrogens is 484 g/mol. The summed E-state index contributed by atoms with van der Waals surface area (Å²) in [6, 6.07) is 24.5. The fraction of sp³-hybridized carbons (Fsp3) is 0.412. The summed E-state index contributed by atoms with van der Waals surface area (Å²) in [6.07, 6.45) is 6.07. The number of phenols is 1. The largest absolute Gasteiger partial charge is 0.508 e. The van der Waals surface area contributed by atoms with Gasteiger partial charge >= 0.3 is 0 Å². The number of ether oxygens (including phenoxy) is 2. The first kappa shape index (κ1) is 27.3.